The Balaban J connectivity index is 2.35. The Morgan fingerprint density at radius 2 is 2.00 bits per heavy atom. The van der Waals surface area contributed by atoms with Crippen LogP contribution in [0.4, 0.5) is 5.69 Å². The predicted octanol–water partition coefficient (Wildman–Crippen LogP) is 1.96. The first-order chi connectivity index (χ1) is 7.48. The van der Waals surface area contributed by atoms with Gasteiger partial charge in [-0.3, -0.25) is 14.9 Å². The van der Waals surface area contributed by atoms with Crippen molar-refractivity contribution in [3.05, 3.63) is 39.9 Å². The number of hydrogen-bond acceptors (Lipinski definition) is 3. The molecule has 1 fully saturated rings. The van der Waals surface area contributed by atoms with Gasteiger partial charge in [-0.15, -0.1) is 0 Å². The van der Waals surface area contributed by atoms with Crippen LogP contribution in [-0.4, -0.2) is 16.0 Å². The van der Waals surface area contributed by atoms with Crippen LogP contribution in [0.3, 0.4) is 0 Å². The molecule has 1 aliphatic rings. The molecule has 5 nitrogen and oxygen atoms in total. The first-order valence-corrected chi connectivity index (χ1v) is 4.97. The van der Waals surface area contributed by atoms with Gasteiger partial charge in [0.1, 0.15) is 0 Å². The first-order valence-electron chi connectivity index (χ1n) is 4.97. The number of nitro benzene ring substituents is 1. The number of carboxylic acids is 1. The van der Waals surface area contributed by atoms with Gasteiger partial charge in [-0.2, -0.15) is 0 Å². The molecule has 0 saturated heterocycles. The minimum atomic E-state index is -0.853. The number of carbonyl (C=O) groups is 1. The van der Waals surface area contributed by atoms with Crippen LogP contribution >= 0.6 is 0 Å². The summed E-state index contributed by atoms with van der Waals surface area (Å²) in [7, 11) is 0. The Labute approximate surface area is 91.9 Å². The molecule has 0 spiro atoms. The number of carboxylic acid groups (broad SMARTS) is 1. The zero-order valence-corrected chi connectivity index (χ0v) is 8.71. The topological polar surface area (TPSA) is 80.4 Å². The number of non-ortho nitro benzene ring substituents is 1. The molecule has 1 saturated carbocycles. The molecule has 84 valence electrons. The second-order valence-corrected chi connectivity index (χ2v) is 4.19. The van der Waals surface area contributed by atoms with E-state index in [2.05, 4.69) is 0 Å². The van der Waals surface area contributed by atoms with Crippen LogP contribution in [0.2, 0.25) is 0 Å². The minimum Gasteiger partial charge on any atom is -0.481 e. The average Bonchev–Trinajstić information content (AvgIpc) is 2.92. The molecule has 2 unspecified atom stereocenters. The molecule has 0 radical (unpaired) electrons. The summed E-state index contributed by atoms with van der Waals surface area (Å²) in [5.41, 5.74) is -0.189. The second-order valence-electron chi connectivity index (χ2n) is 4.19. The van der Waals surface area contributed by atoms with Gasteiger partial charge in [-0.1, -0.05) is 19.1 Å². The van der Waals surface area contributed by atoms with Crippen LogP contribution in [-0.2, 0) is 10.2 Å². The minimum absolute atomic E-state index is 0.0161. The van der Waals surface area contributed by atoms with E-state index in [4.69, 9.17) is 0 Å². The predicted molar refractivity (Wildman–Crippen MR) is 56.2 cm³/mol. The van der Waals surface area contributed by atoms with Crippen molar-refractivity contribution in [3.8, 4) is 0 Å². The molecule has 1 aromatic rings. The van der Waals surface area contributed by atoms with Crippen LogP contribution < -0.4 is 0 Å². The molecule has 2 atom stereocenters. The third-order valence-corrected chi connectivity index (χ3v) is 3.28. The molecule has 16 heavy (non-hydrogen) atoms. The van der Waals surface area contributed by atoms with E-state index in [9.17, 15) is 20.0 Å². The van der Waals surface area contributed by atoms with Crippen molar-refractivity contribution in [2.75, 3.05) is 0 Å². The Kier molecular flexibility index (Phi) is 2.18. The zero-order valence-electron chi connectivity index (χ0n) is 8.71. The summed E-state index contributed by atoms with van der Waals surface area (Å²) in [6.07, 6.45) is 0.597. The Morgan fingerprint density at radius 1 is 1.50 bits per heavy atom. The second kappa shape index (κ2) is 3.30. The lowest BCUT2D eigenvalue weighted by atomic mass is 9.93. The molecular formula is C11H11NO4. The number of nitro groups is 1. The molecule has 0 bridgehead atoms. The van der Waals surface area contributed by atoms with Gasteiger partial charge in [-0.05, 0) is 17.9 Å². The molecule has 0 heterocycles. The number of hydrogen-bond donors (Lipinski definition) is 1. The Bertz CT molecular complexity index is 454. The lowest BCUT2D eigenvalue weighted by molar-refractivity contribution is -0.384. The molecule has 0 aromatic heterocycles. The third-order valence-electron chi connectivity index (χ3n) is 3.28. The molecular weight excluding hydrogens is 210 g/mol. The fraction of sp³-hybridized carbons (Fsp3) is 0.364. The molecule has 1 aliphatic carbocycles. The lowest BCUT2D eigenvalue weighted by Crippen LogP contribution is -2.21. The highest BCUT2D eigenvalue weighted by Crippen LogP contribution is 2.54. The summed E-state index contributed by atoms with van der Waals surface area (Å²) < 4.78 is 0. The summed E-state index contributed by atoms with van der Waals surface area (Å²) in [5.74, 6) is -0.764. The van der Waals surface area contributed by atoms with E-state index in [1.165, 1.54) is 24.3 Å². The van der Waals surface area contributed by atoms with Gasteiger partial charge in [0.25, 0.3) is 5.69 Å². The Morgan fingerprint density at radius 3 is 2.31 bits per heavy atom. The molecule has 1 aromatic carbocycles. The van der Waals surface area contributed by atoms with Crippen LogP contribution in [0.5, 0.6) is 0 Å². The first kappa shape index (κ1) is 10.6. The standard InChI is InChI=1S/C11H11NO4/c1-7-6-11(7,10(13)14)8-2-4-9(5-3-8)12(15)16/h2-5,7H,6H2,1H3,(H,13,14). The van der Waals surface area contributed by atoms with E-state index in [1.54, 1.807) is 0 Å². The van der Waals surface area contributed by atoms with E-state index >= 15 is 0 Å². The monoisotopic (exact) mass is 221 g/mol. The molecule has 0 aliphatic heterocycles. The maximum absolute atomic E-state index is 11.2. The van der Waals surface area contributed by atoms with Crippen LogP contribution in [0.25, 0.3) is 0 Å². The summed E-state index contributed by atoms with van der Waals surface area (Å²) in [6.45, 7) is 1.87. The summed E-state index contributed by atoms with van der Waals surface area (Å²) in [5, 5.41) is 19.6. The lowest BCUT2D eigenvalue weighted by Gasteiger charge is -2.10. The summed E-state index contributed by atoms with van der Waals surface area (Å²) in [6, 6.07) is 5.78. The van der Waals surface area contributed by atoms with Crippen molar-refractivity contribution in [3.63, 3.8) is 0 Å². The summed E-state index contributed by atoms with van der Waals surface area (Å²) >= 11 is 0. The normalized spacial score (nSPS) is 27.4. The van der Waals surface area contributed by atoms with Crippen molar-refractivity contribution in [2.45, 2.75) is 18.8 Å². The maximum Gasteiger partial charge on any atom is 0.314 e. The fourth-order valence-corrected chi connectivity index (χ4v) is 2.13. The van der Waals surface area contributed by atoms with Crippen molar-refractivity contribution in [1.29, 1.82) is 0 Å². The third kappa shape index (κ3) is 1.36. The molecule has 5 heteroatoms. The Hall–Kier alpha value is -1.91. The van der Waals surface area contributed by atoms with E-state index in [1.807, 2.05) is 6.92 Å². The molecule has 2 rings (SSSR count). The van der Waals surface area contributed by atoms with Crippen LogP contribution in [0.1, 0.15) is 18.9 Å². The number of nitrogens with zero attached hydrogens (tertiary/aromatic N) is 1. The smallest absolute Gasteiger partial charge is 0.314 e. The zero-order chi connectivity index (χ0) is 11.9. The largest absolute Gasteiger partial charge is 0.481 e. The van der Waals surface area contributed by atoms with Gasteiger partial charge in [-0.25, -0.2) is 0 Å². The van der Waals surface area contributed by atoms with E-state index in [0.29, 0.717) is 12.0 Å². The highest BCUT2D eigenvalue weighted by Gasteiger charge is 2.58. The van der Waals surface area contributed by atoms with Crippen molar-refractivity contribution >= 4 is 11.7 Å². The van der Waals surface area contributed by atoms with Gasteiger partial charge in [0.15, 0.2) is 0 Å². The quantitative estimate of drug-likeness (QED) is 0.624. The van der Waals surface area contributed by atoms with Crippen LogP contribution in [0, 0.1) is 16.0 Å². The van der Waals surface area contributed by atoms with Gasteiger partial charge in [0.05, 0.1) is 10.3 Å². The fourth-order valence-electron chi connectivity index (χ4n) is 2.13. The van der Waals surface area contributed by atoms with Gasteiger partial charge in [0, 0.05) is 12.1 Å². The average molecular weight is 221 g/mol. The number of rotatable bonds is 3. The van der Waals surface area contributed by atoms with E-state index in [-0.39, 0.29) is 11.6 Å². The van der Waals surface area contributed by atoms with Gasteiger partial charge >= 0.3 is 5.97 Å². The number of aliphatic carboxylic acids is 1. The van der Waals surface area contributed by atoms with E-state index < -0.39 is 16.3 Å². The van der Waals surface area contributed by atoms with Crippen molar-refractivity contribution < 1.29 is 14.8 Å². The highest BCUT2D eigenvalue weighted by atomic mass is 16.6. The highest BCUT2D eigenvalue weighted by molar-refractivity contribution is 5.85. The SMILES string of the molecule is CC1CC1(C(=O)O)c1ccc([N+](=O)[O-])cc1. The van der Waals surface area contributed by atoms with Crippen LogP contribution in [0.15, 0.2) is 24.3 Å². The number of benzene rings is 1. The molecule has 0 amide bonds. The summed E-state index contributed by atoms with van der Waals surface area (Å²) in [4.78, 5) is 21.2. The van der Waals surface area contributed by atoms with Gasteiger partial charge < -0.3 is 5.11 Å². The maximum atomic E-state index is 11.2. The van der Waals surface area contributed by atoms with Crippen molar-refractivity contribution in [2.24, 2.45) is 5.92 Å². The van der Waals surface area contributed by atoms with Gasteiger partial charge in [0.2, 0.25) is 0 Å². The van der Waals surface area contributed by atoms with E-state index in [0.717, 1.165) is 0 Å². The van der Waals surface area contributed by atoms with Crippen molar-refractivity contribution in [1.82, 2.24) is 0 Å². The molecule has 1 N–H and O–H groups in total.